The topological polar surface area (TPSA) is 98.7 Å². The van der Waals surface area contributed by atoms with Crippen LogP contribution in [0.1, 0.15) is 69.9 Å². The lowest BCUT2D eigenvalue weighted by atomic mass is 9.76. The predicted octanol–water partition coefficient (Wildman–Crippen LogP) is 8.71. The van der Waals surface area contributed by atoms with Crippen LogP contribution in [0.4, 0.5) is 0 Å². The van der Waals surface area contributed by atoms with Crippen molar-refractivity contribution in [2.75, 3.05) is 0 Å². The average molecular weight is 679 g/mol. The Hall–Kier alpha value is -5.86. The second-order valence-corrected chi connectivity index (χ2v) is 12.4. The molecule has 0 aliphatic heterocycles. The summed E-state index contributed by atoms with van der Waals surface area (Å²) in [6.45, 7) is 2.09. The molecule has 0 spiro atoms. The summed E-state index contributed by atoms with van der Waals surface area (Å²) in [5.74, 6) is -0.0364. The number of carbonyl (C=O) groups is 1. The van der Waals surface area contributed by atoms with Crippen LogP contribution in [0.3, 0.4) is 0 Å². The third-order valence-electron chi connectivity index (χ3n) is 9.13. The first-order valence-electron chi connectivity index (χ1n) is 16.6. The number of hydrogen-bond donors (Lipinski definition) is 1. The van der Waals surface area contributed by atoms with E-state index in [9.17, 15) is 9.90 Å². The fourth-order valence-corrected chi connectivity index (χ4v) is 7.23. The van der Waals surface area contributed by atoms with Crippen molar-refractivity contribution in [1.29, 1.82) is 0 Å². The molecule has 0 amide bonds. The van der Waals surface area contributed by atoms with E-state index in [0.717, 1.165) is 46.2 Å². The maximum absolute atomic E-state index is 12.9. The van der Waals surface area contributed by atoms with E-state index in [2.05, 4.69) is 53.5 Å². The SMILES string of the molecule is CCCCc1nc(Cl)c(C(=O)O)n1C(c1ccccc1)c1ccccc1-c1nnnn1C(c1ccccc1)(c1ccccc1)c1ccccc1. The zero-order chi connectivity index (χ0) is 34.5. The molecule has 248 valence electrons. The largest absolute Gasteiger partial charge is 0.476 e. The Bertz CT molecular complexity index is 2110. The molecule has 0 saturated carbocycles. The molecule has 8 nitrogen and oxygen atoms in total. The number of unbranched alkanes of at least 4 members (excludes halogenated alkanes) is 1. The first-order chi connectivity index (χ1) is 24.6. The van der Waals surface area contributed by atoms with Crippen molar-refractivity contribution in [3.63, 3.8) is 0 Å². The number of imidazole rings is 1. The van der Waals surface area contributed by atoms with E-state index < -0.39 is 17.6 Å². The lowest BCUT2D eigenvalue weighted by molar-refractivity contribution is 0.0684. The fourth-order valence-electron chi connectivity index (χ4n) is 6.96. The van der Waals surface area contributed by atoms with Crippen LogP contribution >= 0.6 is 11.6 Å². The number of carboxylic acid groups (broad SMARTS) is 1. The molecular weight excluding hydrogens is 644 g/mol. The molecule has 2 heterocycles. The van der Waals surface area contributed by atoms with E-state index >= 15 is 0 Å². The number of benzene rings is 5. The Morgan fingerprint density at radius 3 is 1.82 bits per heavy atom. The molecule has 50 heavy (non-hydrogen) atoms. The first kappa shape index (κ1) is 32.7. The molecule has 9 heteroatoms. The highest BCUT2D eigenvalue weighted by molar-refractivity contribution is 6.32. The van der Waals surface area contributed by atoms with Crippen LogP contribution in [0.2, 0.25) is 5.15 Å². The number of aromatic carboxylic acids is 1. The van der Waals surface area contributed by atoms with Gasteiger partial charge in [0.05, 0.1) is 6.04 Å². The zero-order valence-electron chi connectivity index (χ0n) is 27.5. The summed E-state index contributed by atoms with van der Waals surface area (Å²) in [7, 11) is 0. The average Bonchev–Trinajstić information content (AvgIpc) is 3.78. The van der Waals surface area contributed by atoms with E-state index in [1.807, 2.05) is 114 Å². The molecule has 0 aliphatic rings. The third-order valence-corrected chi connectivity index (χ3v) is 9.39. The van der Waals surface area contributed by atoms with Gasteiger partial charge in [-0.25, -0.2) is 14.5 Å². The van der Waals surface area contributed by atoms with Gasteiger partial charge in [-0.05, 0) is 44.7 Å². The van der Waals surface area contributed by atoms with Gasteiger partial charge < -0.3 is 9.67 Å². The molecule has 0 aliphatic carbocycles. The number of halogens is 1. The monoisotopic (exact) mass is 678 g/mol. The predicted molar refractivity (Wildman–Crippen MR) is 194 cm³/mol. The highest BCUT2D eigenvalue weighted by Gasteiger charge is 2.42. The first-order valence-corrected chi connectivity index (χ1v) is 17.0. The normalized spacial score (nSPS) is 12.1. The highest BCUT2D eigenvalue weighted by atomic mass is 35.5. The van der Waals surface area contributed by atoms with Crippen LogP contribution in [0.5, 0.6) is 0 Å². The molecular formula is C41H35ClN6O2. The van der Waals surface area contributed by atoms with Gasteiger partial charge in [-0.2, -0.15) is 0 Å². The van der Waals surface area contributed by atoms with Crippen LogP contribution in [0, 0.1) is 0 Å². The molecule has 0 saturated heterocycles. The minimum Gasteiger partial charge on any atom is -0.476 e. The molecule has 0 bridgehead atoms. The number of nitrogens with zero attached hydrogens (tertiary/aromatic N) is 6. The Labute approximate surface area is 295 Å². The number of tetrazole rings is 1. The second kappa shape index (κ2) is 14.3. The standard InChI is InChI=1S/C41H35ClN6O2/c1-2-3-28-35-43-38(42)37(40(49)50)47(35)36(29-18-8-4-9-19-29)33-26-16-17-27-34(33)39-44-45-46-48(39)41(30-20-10-5-11-21-30,31-22-12-6-13-23-31)32-24-14-7-15-25-32/h4-27,36H,2-3,28H2,1H3,(H,49,50). The van der Waals surface area contributed by atoms with Crippen molar-refractivity contribution in [3.05, 3.63) is 190 Å². The molecule has 5 aromatic carbocycles. The van der Waals surface area contributed by atoms with Crippen LogP contribution in [-0.2, 0) is 12.0 Å². The summed E-state index contributed by atoms with van der Waals surface area (Å²) >= 11 is 6.62. The number of rotatable bonds is 12. The number of hydrogen-bond acceptors (Lipinski definition) is 5. The van der Waals surface area contributed by atoms with E-state index in [4.69, 9.17) is 21.9 Å². The van der Waals surface area contributed by atoms with Gasteiger partial charge in [0.2, 0.25) is 0 Å². The molecule has 1 N–H and O–H groups in total. The van der Waals surface area contributed by atoms with Gasteiger partial charge in [0.15, 0.2) is 16.7 Å². The summed E-state index contributed by atoms with van der Waals surface area (Å²) in [4.78, 5) is 17.5. The summed E-state index contributed by atoms with van der Waals surface area (Å²) < 4.78 is 3.67. The quantitative estimate of drug-likeness (QED) is 0.130. The van der Waals surface area contributed by atoms with Gasteiger partial charge in [0.25, 0.3) is 0 Å². The van der Waals surface area contributed by atoms with Gasteiger partial charge in [-0.15, -0.1) is 5.10 Å². The Morgan fingerprint density at radius 2 is 1.28 bits per heavy atom. The van der Waals surface area contributed by atoms with Crippen molar-refractivity contribution >= 4 is 17.6 Å². The summed E-state index contributed by atoms with van der Waals surface area (Å²) in [5.41, 5.74) is 4.28. The van der Waals surface area contributed by atoms with Crippen LogP contribution in [-0.4, -0.2) is 40.8 Å². The lowest BCUT2D eigenvalue weighted by Crippen LogP contribution is -2.39. The Morgan fingerprint density at radius 1 is 0.760 bits per heavy atom. The number of aromatic nitrogens is 6. The smallest absolute Gasteiger partial charge is 0.355 e. The van der Waals surface area contributed by atoms with Gasteiger partial charge in [0, 0.05) is 12.0 Å². The molecule has 7 aromatic rings. The van der Waals surface area contributed by atoms with E-state index in [0.29, 0.717) is 18.1 Å². The summed E-state index contributed by atoms with van der Waals surface area (Å²) in [5, 5.41) is 24.3. The Kier molecular flexibility index (Phi) is 9.36. The molecule has 2 aromatic heterocycles. The van der Waals surface area contributed by atoms with Crippen LogP contribution in [0.25, 0.3) is 11.4 Å². The Balaban J connectivity index is 1.55. The van der Waals surface area contributed by atoms with E-state index in [1.165, 1.54) is 0 Å². The second-order valence-electron chi connectivity index (χ2n) is 12.1. The maximum atomic E-state index is 12.9. The van der Waals surface area contributed by atoms with Crippen molar-refractivity contribution in [2.45, 2.75) is 37.8 Å². The zero-order valence-corrected chi connectivity index (χ0v) is 28.2. The van der Waals surface area contributed by atoms with Crippen LogP contribution in [0.15, 0.2) is 146 Å². The molecule has 7 rings (SSSR count). The van der Waals surface area contributed by atoms with E-state index in [1.54, 1.807) is 4.57 Å². The lowest BCUT2D eigenvalue weighted by Gasteiger charge is -2.36. The van der Waals surface area contributed by atoms with Crippen molar-refractivity contribution < 1.29 is 9.90 Å². The van der Waals surface area contributed by atoms with E-state index in [-0.39, 0.29) is 10.8 Å². The van der Waals surface area contributed by atoms with Gasteiger partial charge >= 0.3 is 5.97 Å². The number of carboxylic acids is 1. The van der Waals surface area contributed by atoms with Gasteiger partial charge in [0.1, 0.15) is 11.4 Å². The summed E-state index contributed by atoms with van der Waals surface area (Å²) in [6.07, 6.45) is 2.29. The van der Waals surface area contributed by atoms with Gasteiger partial charge in [-0.3, -0.25) is 0 Å². The van der Waals surface area contributed by atoms with Gasteiger partial charge in [-0.1, -0.05) is 171 Å². The van der Waals surface area contributed by atoms with Crippen molar-refractivity contribution in [3.8, 4) is 11.4 Å². The minimum absolute atomic E-state index is 0.0388. The third kappa shape index (κ3) is 5.77. The molecule has 1 unspecified atom stereocenters. The fraction of sp³-hybridized carbons (Fsp3) is 0.146. The van der Waals surface area contributed by atoms with Crippen molar-refractivity contribution in [1.82, 2.24) is 29.8 Å². The molecule has 0 fully saturated rings. The minimum atomic E-state index is -1.15. The van der Waals surface area contributed by atoms with Crippen molar-refractivity contribution in [2.24, 2.45) is 0 Å². The molecule has 1 atom stereocenters. The highest BCUT2D eigenvalue weighted by Crippen LogP contribution is 2.44. The summed E-state index contributed by atoms with van der Waals surface area (Å²) in [6, 6.07) is 47.8. The maximum Gasteiger partial charge on any atom is 0.355 e. The number of aryl methyl sites for hydroxylation is 1. The molecule has 0 radical (unpaired) electrons. The van der Waals surface area contributed by atoms with Crippen LogP contribution < -0.4 is 0 Å².